The SMILES string of the molecule is CCCCCCCCCCCCCCCCCC(=O)O[C@@H]1COC(=O)CCC/C=C\C[C@@H]2[C@H](n3ccc(N)nc3=O)O[C@H](COP(=O)(O)OP(=O)(O)OC1)[C@@H](O)[C@@H](O)[C@@H](C=C[C@@H](O)CCCCC)C(=O)C[C@@H]2O. The number of ether oxygens (including phenoxy) is 3. The van der Waals surface area contributed by atoms with Gasteiger partial charge in [-0.05, 0) is 38.2 Å². The van der Waals surface area contributed by atoms with E-state index >= 15 is 0 Å². The van der Waals surface area contributed by atoms with Gasteiger partial charge in [-0.2, -0.15) is 9.29 Å². The highest BCUT2D eigenvalue weighted by molar-refractivity contribution is 7.61. The molecule has 0 amide bonds. The number of fused-ring (bicyclic) bond motifs is 3. The van der Waals surface area contributed by atoms with Gasteiger partial charge in [-0.15, -0.1) is 0 Å². The predicted molar refractivity (Wildman–Crippen MR) is 271 cm³/mol. The minimum absolute atomic E-state index is 0.000203. The lowest BCUT2D eigenvalue weighted by atomic mass is 9.83. The molecule has 3 rings (SSSR count). The molecule has 2 aliphatic rings. The second-order valence-corrected chi connectivity index (χ2v) is 22.2. The van der Waals surface area contributed by atoms with Gasteiger partial charge in [0, 0.05) is 31.4 Å². The molecule has 11 atom stereocenters. The topological polar surface area (TPSA) is 323 Å². The van der Waals surface area contributed by atoms with Gasteiger partial charge in [-0.3, -0.25) is 28.0 Å². The maximum atomic E-state index is 14.0. The fraction of sp³-hybridized carbons (Fsp3) is 0.780. The van der Waals surface area contributed by atoms with Gasteiger partial charge in [-0.25, -0.2) is 13.9 Å². The smallest absolute Gasteiger partial charge is 0.462 e. The molecule has 8 N–H and O–H groups in total. The van der Waals surface area contributed by atoms with Crippen molar-refractivity contribution < 1.29 is 81.3 Å². The number of phosphoric ester groups is 2. The third kappa shape index (κ3) is 26.0. The lowest BCUT2D eigenvalue weighted by molar-refractivity contribution is -0.186. The Morgan fingerprint density at radius 2 is 1.42 bits per heavy atom. The normalized spacial score (nSPS) is 29.5. The molecule has 0 saturated carbocycles. The number of esters is 2. The minimum Gasteiger partial charge on any atom is -0.462 e. The summed E-state index contributed by atoms with van der Waals surface area (Å²) in [5, 5.41) is 45.7. The third-order valence-electron chi connectivity index (χ3n) is 12.9. The Hall–Kier alpha value is -3.17. The highest BCUT2D eigenvalue weighted by atomic mass is 31.3. The molecule has 1 saturated heterocycles. The van der Waals surface area contributed by atoms with E-state index in [0.717, 1.165) is 49.3 Å². The van der Waals surface area contributed by atoms with Crippen molar-refractivity contribution in [3.8, 4) is 0 Å². The van der Waals surface area contributed by atoms with Crippen LogP contribution in [0.15, 0.2) is 41.4 Å². The monoisotopic (exact) mass is 1080 g/mol. The summed E-state index contributed by atoms with van der Waals surface area (Å²) in [6.07, 6.45) is 14.2. The number of anilines is 1. The Balaban J connectivity index is 1.79. The molecule has 0 radical (unpaired) electrons. The summed E-state index contributed by atoms with van der Waals surface area (Å²) in [5.74, 6) is -5.22. The number of carbonyl (C=O) groups is 3. The Bertz CT molecular complexity index is 1990. The number of ketones is 1. The summed E-state index contributed by atoms with van der Waals surface area (Å²) >= 11 is 0. The first-order valence-electron chi connectivity index (χ1n) is 26.5. The summed E-state index contributed by atoms with van der Waals surface area (Å²) < 4.78 is 59.0. The summed E-state index contributed by atoms with van der Waals surface area (Å²) in [5.41, 5.74) is 4.75. The van der Waals surface area contributed by atoms with Crippen molar-refractivity contribution in [2.24, 2.45) is 11.8 Å². The Labute approximate surface area is 430 Å². The molecule has 21 nitrogen and oxygen atoms in total. The van der Waals surface area contributed by atoms with Crippen LogP contribution in [-0.4, -0.2) is 114 Å². The van der Waals surface area contributed by atoms with Gasteiger partial charge in [0.25, 0.3) is 0 Å². The summed E-state index contributed by atoms with van der Waals surface area (Å²) in [7, 11) is -11.3. The standard InChI is InChI=1S/C50H85N3O18P2/c1-3-5-7-8-9-10-11-12-13-14-15-16-17-18-24-28-46(58)69-38-34-66-45(57)27-23-20-19-22-26-40-42(56)33-41(55)39(30-29-37(54)25-21-6-4-2)47(59)48(60)43(36-68-73(64,65)71-72(62,63)67-35-38)70-49(40)53-32-31-44(51)52-50(53)61/h19,22,29-32,37-40,42-43,47-49,54,56,59-60H,3-18,20-21,23-28,33-36H2,1-2H3,(H,62,63)(H,64,65)(H2,51,52,61)/b22-19-,30-29?/t37-,38+,39-,40-,42-,43+,47-,48+,49+/m0/s1. The van der Waals surface area contributed by atoms with E-state index in [9.17, 15) is 58.5 Å². The molecule has 1 aromatic rings. The molecule has 2 aliphatic heterocycles. The zero-order chi connectivity index (χ0) is 53.7. The Morgan fingerprint density at radius 1 is 0.836 bits per heavy atom. The van der Waals surface area contributed by atoms with Crippen LogP contribution >= 0.6 is 15.6 Å². The van der Waals surface area contributed by atoms with E-state index in [-0.39, 0.29) is 37.9 Å². The van der Waals surface area contributed by atoms with E-state index in [1.807, 2.05) is 6.92 Å². The molecule has 3 heterocycles. The maximum Gasteiger partial charge on any atom is 0.481 e. The molecule has 2 bridgehead atoms. The van der Waals surface area contributed by atoms with Crippen molar-refractivity contribution in [2.75, 3.05) is 25.6 Å². The molecule has 0 aromatic carbocycles. The summed E-state index contributed by atoms with van der Waals surface area (Å²) in [6, 6.07) is 1.23. The van der Waals surface area contributed by atoms with Gasteiger partial charge in [-0.1, -0.05) is 147 Å². The number of Topliss-reactive ketones (excluding diaryl/α,β-unsaturated/α-hetero) is 1. The summed E-state index contributed by atoms with van der Waals surface area (Å²) in [6.45, 7) is 1.44. The van der Waals surface area contributed by atoms with Crippen LogP contribution in [0.3, 0.4) is 0 Å². The van der Waals surface area contributed by atoms with E-state index < -0.39 is 120 Å². The van der Waals surface area contributed by atoms with Crippen LogP contribution in [0.1, 0.15) is 181 Å². The molecule has 1 fully saturated rings. The van der Waals surface area contributed by atoms with Crippen molar-refractivity contribution in [3.63, 3.8) is 0 Å². The predicted octanol–water partition coefficient (Wildman–Crippen LogP) is 7.59. The van der Waals surface area contributed by atoms with Gasteiger partial charge in [0.15, 0.2) is 6.10 Å². The number of nitrogens with zero attached hydrogens (tertiary/aromatic N) is 2. The maximum absolute atomic E-state index is 14.0. The first kappa shape index (κ1) is 64.1. The fourth-order valence-corrected chi connectivity index (χ4v) is 10.8. The van der Waals surface area contributed by atoms with Gasteiger partial charge < -0.3 is 50.2 Å². The molecule has 2 unspecified atom stereocenters. The average molecular weight is 1080 g/mol. The lowest BCUT2D eigenvalue weighted by Gasteiger charge is -2.39. The van der Waals surface area contributed by atoms with Crippen molar-refractivity contribution in [2.45, 2.75) is 217 Å². The van der Waals surface area contributed by atoms with Crippen LogP contribution < -0.4 is 11.4 Å². The number of nitrogen functional groups attached to an aromatic ring is 1. The number of unbranched alkanes of at least 4 members (excludes halogenated alkanes) is 16. The molecule has 1 aromatic heterocycles. The van der Waals surface area contributed by atoms with Crippen LogP contribution in [0, 0.1) is 11.8 Å². The van der Waals surface area contributed by atoms with E-state index in [4.69, 9.17) is 29.0 Å². The number of aliphatic hydroxyl groups is 4. The van der Waals surface area contributed by atoms with E-state index in [2.05, 4.69) is 16.2 Å². The number of nitrogens with two attached hydrogens (primary N) is 1. The van der Waals surface area contributed by atoms with Gasteiger partial charge >= 0.3 is 33.3 Å². The van der Waals surface area contributed by atoms with Crippen molar-refractivity contribution in [1.29, 1.82) is 0 Å². The molecular formula is C50H85N3O18P2. The molecule has 23 heteroatoms. The van der Waals surface area contributed by atoms with Crippen LogP contribution in [0.25, 0.3) is 0 Å². The van der Waals surface area contributed by atoms with Crippen LogP contribution in [0.2, 0.25) is 0 Å². The fourth-order valence-electron chi connectivity index (χ4n) is 8.66. The number of carbonyl (C=O) groups excluding carboxylic acids is 3. The van der Waals surface area contributed by atoms with E-state index in [1.165, 1.54) is 82.4 Å². The quantitative estimate of drug-likeness (QED) is 0.0227. The van der Waals surface area contributed by atoms with Crippen LogP contribution in [0.5, 0.6) is 0 Å². The number of hydrogen-bond donors (Lipinski definition) is 7. The molecule has 0 spiro atoms. The first-order valence-corrected chi connectivity index (χ1v) is 29.4. The minimum atomic E-state index is -5.72. The van der Waals surface area contributed by atoms with Crippen molar-refractivity contribution in [3.05, 3.63) is 47.1 Å². The Kier molecular flexibility index (Phi) is 30.9. The van der Waals surface area contributed by atoms with Crippen molar-refractivity contribution >= 4 is 39.2 Å². The van der Waals surface area contributed by atoms with Crippen molar-refractivity contribution in [1.82, 2.24) is 9.55 Å². The number of phosphoric acid groups is 2. The van der Waals surface area contributed by atoms with E-state index in [1.54, 1.807) is 12.2 Å². The molecule has 73 heavy (non-hydrogen) atoms. The number of aromatic nitrogens is 2. The van der Waals surface area contributed by atoms with E-state index in [0.29, 0.717) is 19.3 Å². The Morgan fingerprint density at radius 3 is 2.04 bits per heavy atom. The molecule has 0 aliphatic carbocycles. The third-order valence-corrected chi connectivity index (χ3v) is 15.5. The van der Waals surface area contributed by atoms with Crippen LogP contribution in [-0.2, 0) is 51.1 Å². The first-order chi connectivity index (χ1) is 34.9. The number of cyclic esters (lactones) is 1. The lowest BCUT2D eigenvalue weighted by Crippen LogP contribution is -2.51. The zero-order valence-corrected chi connectivity index (χ0v) is 44.7. The average Bonchev–Trinajstić information content (AvgIpc) is 3.33. The number of hydrogen-bond acceptors (Lipinski definition) is 18. The van der Waals surface area contributed by atoms with Gasteiger partial charge in [0.05, 0.1) is 37.4 Å². The van der Waals surface area contributed by atoms with Gasteiger partial charge in [0.1, 0.15) is 36.6 Å². The van der Waals surface area contributed by atoms with Crippen LogP contribution in [0.4, 0.5) is 5.82 Å². The second kappa shape index (κ2) is 35.2. The highest BCUT2D eigenvalue weighted by Gasteiger charge is 2.45. The summed E-state index contributed by atoms with van der Waals surface area (Å²) in [4.78, 5) is 78.1. The highest BCUT2D eigenvalue weighted by Crippen LogP contribution is 2.60. The number of rotatable bonds is 24. The zero-order valence-electron chi connectivity index (χ0n) is 42.9. The largest absolute Gasteiger partial charge is 0.481 e. The molecular weight excluding hydrogens is 993 g/mol. The number of allylic oxidation sites excluding steroid dienone is 2. The second-order valence-electron chi connectivity index (χ2n) is 19.2. The number of aliphatic hydroxyl groups excluding tert-OH is 4. The molecule has 418 valence electrons. The van der Waals surface area contributed by atoms with Gasteiger partial charge in [0.2, 0.25) is 0 Å².